The molecule has 0 saturated carbocycles. The van der Waals surface area contributed by atoms with Crippen LogP contribution in [0.2, 0.25) is 0 Å². The van der Waals surface area contributed by atoms with Crippen molar-refractivity contribution in [1.82, 2.24) is 4.90 Å². The van der Waals surface area contributed by atoms with Crippen LogP contribution in [0.25, 0.3) is 0 Å². The summed E-state index contributed by atoms with van der Waals surface area (Å²) in [5, 5.41) is 0. The Hall–Kier alpha value is -1.39. The third kappa shape index (κ3) is 3.09. The Kier molecular flexibility index (Phi) is 4.33. The lowest BCUT2D eigenvalue weighted by molar-refractivity contribution is -0.144. The molecule has 18 heavy (non-hydrogen) atoms. The maximum Gasteiger partial charge on any atom is 0.322 e. The van der Waals surface area contributed by atoms with Gasteiger partial charge < -0.3 is 10.5 Å². The van der Waals surface area contributed by atoms with E-state index in [9.17, 15) is 4.79 Å². The van der Waals surface area contributed by atoms with Crippen molar-refractivity contribution < 1.29 is 9.53 Å². The molecule has 4 heteroatoms. The number of nitrogens with zero attached hydrogens (tertiary/aromatic N) is 1. The van der Waals surface area contributed by atoms with Crippen molar-refractivity contribution in [2.45, 2.75) is 32.5 Å². The van der Waals surface area contributed by atoms with Crippen molar-refractivity contribution in [2.24, 2.45) is 5.73 Å². The van der Waals surface area contributed by atoms with Crippen molar-refractivity contribution in [3.63, 3.8) is 0 Å². The lowest BCUT2D eigenvalue weighted by Gasteiger charge is -2.17. The largest absolute Gasteiger partial charge is 0.465 e. The van der Waals surface area contributed by atoms with Gasteiger partial charge in [-0.1, -0.05) is 24.3 Å². The summed E-state index contributed by atoms with van der Waals surface area (Å²) < 4.78 is 4.90. The molecule has 1 aromatic rings. The molecule has 0 fully saturated rings. The molecule has 0 bridgehead atoms. The predicted octanol–water partition coefficient (Wildman–Crippen LogP) is 1.28. The second-order valence-corrected chi connectivity index (χ2v) is 4.63. The zero-order valence-electron chi connectivity index (χ0n) is 10.8. The monoisotopic (exact) mass is 248 g/mol. The Morgan fingerprint density at radius 1 is 1.39 bits per heavy atom. The first-order valence-corrected chi connectivity index (χ1v) is 6.42. The van der Waals surface area contributed by atoms with Crippen LogP contribution in [0.3, 0.4) is 0 Å². The van der Waals surface area contributed by atoms with Crippen molar-refractivity contribution >= 4 is 5.97 Å². The highest BCUT2D eigenvalue weighted by Gasteiger charge is 2.20. The first kappa shape index (κ1) is 13.1. The Morgan fingerprint density at radius 3 is 2.56 bits per heavy atom. The standard InChI is InChI=1S/C14H20N2O2/c1-2-18-14(17)13(15)7-8-16-9-11-5-3-4-6-12(11)10-16/h3-6,13H,2,7-10,15H2,1H3. The summed E-state index contributed by atoms with van der Waals surface area (Å²) in [5.41, 5.74) is 8.54. The van der Waals surface area contributed by atoms with Crippen LogP contribution in [0.5, 0.6) is 0 Å². The first-order valence-electron chi connectivity index (χ1n) is 6.42. The maximum atomic E-state index is 11.4. The number of carbonyl (C=O) groups excluding carboxylic acids is 1. The van der Waals surface area contributed by atoms with E-state index in [1.54, 1.807) is 6.92 Å². The SMILES string of the molecule is CCOC(=O)C(N)CCN1Cc2ccccc2C1. The molecule has 4 nitrogen and oxygen atoms in total. The molecule has 1 aliphatic heterocycles. The quantitative estimate of drug-likeness (QED) is 0.798. The molecular formula is C14H20N2O2. The Bertz CT molecular complexity index is 395. The second-order valence-electron chi connectivity index (χ2n) is 4.63. The molecule has 1 aliphatic rings. The second kappa shape index (κ2) is 5.98. The fourth-order valence-corrected chi connectivity index (χ4v) is 2.25. The molecule has 2 rings (SSSR count). The van der Waals surface area contributed by atoms with Crippen LogP contribution in [-0.4, -0.2) is 30.1 Å². The number of nitrogens with two attached hydrogens (primary N) is 1. The Labute approximate surface area is 108 Å². The number of benzene rings is 1. The van der Waals surface area contributed by atoms with E-state index in [0.717, 1.165) is 19.6 Å². The van der Waals surface area contributed by atoms with Gasteiger partial charge in [0, 0.05) is 19.6 Å². The van der Waals surface area contributed by atoms with Crippen molar-refractivity contribution in [3.8, 4) is 0 Å². The van der Waals surface area contributed by atoms with E-state index >= 15 is 0 Å². The van der Waals surface area contributed by atoms with Crippen LogP contribution < -0.4 is 5.73 Å². The topological polar surface area (TPSA) is 55.6 Å². The molecule has 1 aromatic carbocycles. The molecule has 0 saturated heterocycles. The van der Waals surface area contributed by atoms with Gasteiger partial charge in [0.25, 0.3) is 0 Å². The predicted molar refractivity (Wildman–Crippen MR) is 69.8 cm³/mol. The third-order valence-electron chi connectivity index (χ3n) is 3.25. The number of hydrogen-bond acceptors (Lipinski definition) is 4. The molecule has 0 aliphatic carbocycles. The number of esters is 1. The van der Waals surface area contributed by atoms with Crippen molar-refractivity contribution in [1.29, 1.82) is 0 Å². The Morgan fingerprint density at radius 2 is 2.00 bits per heavy atom. The fraction of sp³-hybridized carbons (Fsp3) is 0.500. The summed E-state index contributed by atoms with van der Waals surface area (Å²) in [4.78, 5) is 13.7. The van der Waals surface area contributed by atoms with E-state index in [4.69, 9.17) is 10.5 Å². The van der Waals surface area contributed by atoms with Crippen LogP contribution >= 0.6 is 0 Å². The number of rotatable bonds is 5. The molecule has 0 radical (unpaired) electrons. The average Bonchev–Trinajstić information content (AvgIpc) is 2.78. The van der Waals surface area contributed by atoms with E-state index in [1.165, 1.54) is 11.1 Å². The number of hydrogen-bond donors (Lipinski definition) is 1. The lowest BCUT2D eigenvalue weighted by atomic mass is 10.1. The number of carbonyl (C=O) groups is 1. The molecule has 0 spiro atoms. The normalized spacial score (nSPS) is 16.3. The first-order chi connectivity index (χ1) is 8.70. The average molecular weight is 248 g/mol. The summed E-state index contributed by atoms with van der Waals surface area (Å²) in [6.45, 7) is 4.91. The van der Waals surface area contributed by atoms with Gasteiger partial charge in [0.15, 0.2) is 0 Å². The summed E-state index contributed by atoms with van der Waals surface area (Å²) in [6, 6.07) is 7.93. The van der Waals surface area contributed by atoms with Gasteiger partial charge >= 0.3 is 5.97 Å². The van der Waals surface area contributed by atoms with Gasteiger partial charge in [-0.2, -0.15) is 0 Å². The summed E-state index contributed by atoms with van der Waals surface area (Å²) >= 11 is 0. The smallest absolute Gasteiger partial charge is 0.322 e. The molecule has 2 N–H and O–H groups in total. The lowest BCUT2D eigenvalue weighted by Crippen LogP contribution is -2.35. The van der Waals surface area contributed by atoms with Gasteiger partial charge in [0.05, 0.1) is 6.61 Å². The van der Waals surface area contributed by atoms with Crippen molar-refractivity contribution in [2.75, 3.05) is 13.2 Å². The maximum absolute atomic E-state index is 11.4. The van der Waals surface area contributed by atoms with E-state index < -0.39 is 6.04 Å². The van der Waals surface area contributed by atoms with E-state index in [1.807, 2.05) is 0 Å². The van der Waals surface area contributed by atoms with Crippen LogP contribution in [0.4, 0.5) is 0 Å². The van der Waals surface area contributed by atoms with Gasteiger partial charge in [-0.3, -0.25) is 9.69 Å². The van der Waals surface area contributed by atoms with Crippen LogP contribution in [-0.2, 0) is 22.6 Å². The van der Waals surface area contributed by atoms with Gasteiger partial charge in [0.1, 0.15) is 6.04 Å². The molecule has 0 amide bonds. The fourth-order valence-electron chi connectivity index (χ4n) is 2.25. The van der Waals surface area contributed by atoms with Gasteiger partial charge in [0.2, 0.25) is 0 Å². The molecule has 0 aromatic heterocycles. The van der Waals surface area contributed by atoms with Gasteiger partial charge in [-0.05, 0) is 24.5 Å². The molecule has 1 heterocycles. The van der Waals surface area contributed by atoms with Crippen LogP contribution in [0.1, 0.15) is 24.5 Å². The molecule has 1 unspecified atom stereocenters. The molecule has 1 atom stereocenters. The summed E-state index contributed by atoms with van der Waals surface area (Å²) in [7, 11) is 0. The van der Waals surface area contributed by atoms with Crippen molar-refractivity contribution in [3.05, 3.63) is 35.4 Å². The third-order valence-corrected chi connectivity index (χ3v) is 3.25. The van der Waals surface area contributed by atoms with Gasteiger partial charge in [-0.15, -0.1) is 0 Å². The van der Waals surface area contributed by atoms with E-state index in [2.05, 4.69) is 29.2 Å². The minimum Gasteiger partial charge on any atom is -0.465 e. The highest BCUT2D eigenvalue weighted by Crippen LogP contribution is 2.22. The zero-order chi connectivity index (χ0) is 13.0. The van der Waals surface area contributed by atoms with Crippen LogP contribution in [0.15, 0.2) is 24.3 Å². The summed E-state index contributed by atoms with van der Waals surface area (Å²) in [6.07, 6.45) is 0.646. The minimum absolute atomic E-state index is 0.297. The highest BCUT2D eigenvalue weighted by atomic mass is 16.5. The zero-order valence-corrected chi connectivity index (χ0v) is 10.8. The van der Waals surface area contributed by atoms with E-state index in [0.29, 0.717) is 13.0 Å². The van der Waals surface area contributed by atoms with Gasteiger partial charge in [-0.25, -0.2) is 0 Å². The number of fused-ring (bicyclic) bond motifs is 1. The highest BCUT2D eigenvalue weighted by molar-refractivity contribution is 5.75. The Balaban J connectivity index is 1.78. The molecular weight excluding hydrogens is 228 g/mol. The summed E-state index contributed by atoms with van der Waals surface area (Å²) in [5.74, 6) is -0.297. The van der Waals surface area contributed by atoms with Crippen LogP contribution in [0, 0.1) is 0 Å². The number of ether oxygens (including phenoxy) is 1. The van der Waals surface area contributed by atoms with E-state index in [-0.39, 0.29) is 5.97 Å². The minimum atomic E-state index is -0.506. The molecule has 98 valence electrons.